The number of anilines is 1. The third-order valence-corrected chi connectivity index (χ3v) is 2.41. The summed E-state index contributed by atoms with van der Waals surface area (Å²) >= 11 is 0. The summed E-state index contributed by atoms with van der Waals surface area (Å²) in [6.45, 7) is 2.83. The number of ether oxygens (including phenoxy) is 3. The van der Waals surface area contributed by atoms with Gasteiger partial charge in [0.05, 0.1) is 12.3 Å². The van der Waals surface area contributed by atoms with Crippen LogP contribution < -0.4 is 14.9 Å². The Kier molecular flexibility index (Phi) is 4.39. The van der Waals surface area contributed by atoms with Crippen LogP contribution in [0.4, 0.5) is 5.69 Å². The monoisotopic (exact) mass is 275 g/mol. The molecule has 7 nitrogen and oxygen atoms in total. The predicted molar refractivity (Wildman–Crippen MR) is 70.7 cm³/mol. The van der Waals surface area contributed by atoms with E-state index in [9.17, 15) is 4.79 Å². The van der Waals surface area contributed by atoms with Crippen LogP contribution in [-0.2, 0) is 9.53 Å². The number of hydrogen-bond acceptors (Lipinski definition) is 7. The third kappa shape index (κ3) is 3.17. The van der Waals surface area contributed by atoms with Crippen molar-refractivity contribution in [3.8, 4) is 17.6 Å². The van der Waals surface area contributed by atoms with Crippen LogP contribution in [0.1, 0.15) is 6.92 Å². The van der Waals surface area contributed by atoms with Crippen molar-refractivity contribution in [1.82, 2.24) is 0 Å². The number of carbonyl (C=O) groups excluding carboxylic acids is 1. The zero-order valence-corrected chi connectivity index (χ0v) is 10.9. The lowest BCUT2D eigenvalue weighted by Crippen LogP contribution is -2.17. The smallest absolute Gasteiger partial charge is 0.369 e. The van der Waals surface area contributed by atoms with Crippen molar-refractivity contribution in [2.24, 2.45) is 5.10 Å². The van der Waals surface area contributed by atoms with Gasteiger partial charge in [0.2, 0.25) is 5.71 Å². The highest BCUT2D eigenvalue weighted by atomic mass is 16.6. The van der Waals surface area contributed by atoms with E-state index in [1.807, 2.05) is 0 Å². The van der Waals surface area contributed by atoms with E-state index in [2.05, 4.69) is 10.5 Å². The van der Waals surface area contributed by atoms with Crippen LogP contribution >= 0.6 is 0 Å². The number of benzene rings is 1. The van der Waals surface area contributed by atoms with Crippen molar-refractivity contribution in [2.45, 2.75) is 6.92 Å². The van der Waals surface area contributed by atoms with Crippen molar-refractivity contribution in [3.05, 3.63) is 18.2 Å². The van der Waals surface area contributed by atoms with Gasteiger partial charge in [0.15, 0.2) is 11.5 Å². The largest absolute Gasteiger partial charge is 0.486 e. The number of hydrazone groups is 1. The van der Waals surface area contributed by atoms with Crippen LogP contribution in [0.2, 0.25) is 0 Å². The Bertz CT molecular complexity index is 577. The topological polar surface area (TPSA) is 92.9 Å². The van der Waals surface area contributed by atoms with Crippen molar-refractivity contribution in [2.75, 3.05) is 25.2 Å². The fourth-order valence-corrected chi connectivity index (χ4v) is 1.55. The first kappa shape index (κ1) is 13.7. The van der Waals surface area contributed by atoms with Crippen LogP contribution in [0.3, 0.4) is 0 Å². The van der Waals surface area contributed by atoms with Gasteiger partial charge in [0, 0.05) is 6.07 Å². The summed E-state index contributed by atoms with van der Waals surface area (Å²) in [6, 6.07) is 6.79. The molecule has 0 aromatic heterocycles. The zero-order chi connectivity index (χ0) is 14.4. The molecule has 1 aromatic carbocycles. The number of hydrogen-bond donors (Lipinski definition) is 1. The van der Waals surface area contributed by atoms with E-state index >= 15 is 0 Å². The molecule has 1 aromatic rings. The van der Waals surface area contributed by atoms with E-state index in [1.165, 1.54) is 0 Å². The Morgan fingerprint density at radius 3 is 2.90 bits per heavy atom. The van der Waals surface area contributed by atoms with Gasteiger partial charge in [-0.2, -0.15) is 10.4 Å². The van der Waals surface area contributed by atoms with E-state index in [1.54, 1.807) is 31.2 Å². The van der Waals surface area contributed by atoms with Crippen LogP contribution in [0.5, 0.6) is 11.5 Å². The first-order valence-corrected chi connectivity index (χ1v) is 6.05. The van der Waals surface area contributed by atoms with Gasteiger partial charge in [-0.15, -0.1) is 0 Å². The third-order valence-electron chi connectivity index (χ3n) is 2.41. The molecule has 0 aliphatic carbocycles. The number of esters is 1. The number of fused-ring (bicyclic) bond motifs is 1. The SMILES string of the molecule is CCOC(=O)/C(C#N)=N\Nc1ccc2c(c1)OCCO2. The predicted octanol–water partition coefficient (Wildman–Crippen LogP) is 1.31. The molecule has 0 amide bonds. The van der Waals surface area contributed by atoms with Gasteiger partial charge in [-0.05, 0) is 19.1 Å². The average Bonchev–Trinajstić information content (AvgIpc) is 2.48. The molecule has 1 N–H and O–H groups in total. The quantitative estimate of drug-likeness (QED) is 0.506. The van der Waals surface area contributed by atoms with Crippen LogP contribution in [-0.4, -0.2) is 31.5 Å². The number of nitrogens with zero attached hydrogens (tertiary/aromatic N) is 2. The molecule has 1 aliphatic rings. The lowest BCUT2D eigenvalue weighted by atomic mass is 10.2. The molecule has 2 rings (SSSR count). The van der Waals surface area contributed by atoms with Gasteiger partial charge in [0.25, 0.3) is 0 Å². The molecule has 104 valence electrons. The Balaban J connectivity index is 2.10. The van der Waals surface area contributed by atoms with E-state index < -0.39 is 5.97 Å². The van der Waals surface area contributed by atoms with Gasteiger partial charge in [0.1, 0.15) is 19.3 Å². The molecular formula is C13H13N3O4. The number of nitriles is 1. The maximum Gasteiger partial charge on any atom is 0.369 e. The van der Waals surface area contributed by atoms with Crippen LogP contribution in [0.25, 0.3) is 0 Å². The molecule has 0 saturated carbocycles. The number of carbonyl (C=O) groups is 1. The normalized spacial score (nSPS) is 13.3. The number of nitrogens with one attached hydrogen (secondary N) is 1. The van der Waals surface area contributed by atoms with E-state index in [4.69, 9.17) is 19.5 Å². The van der Waals surface area contributed by atoms with E-state index in [0.29, 0.717) is 30.4 Å². The minimum absolute atomic E-state index is 0.184. The molecule has 0 spiro atoms. The standard InChI is InChI=1S/C13H13N3O4/c1-2-18-13(17)10(8-14)16-15-9-3-4-11-12(7-9)20-6-5-19-11/h3-4,7,15H,2,5-6H2,1H3/b16-10-. The molecule has 1 aliphatic heterocycles. The summed E-state index contributed by atoms with van der Waals surface area (Å²) in [4.78, 5) is 11.4. The van der Waals surface area contributed by atoms with E-state index in [0.717, 1.165) is 0 Å². The Morgan fingerprint density at radius 2 is 2.20 bits per heavy atom. The summed E-state index contributed by atoms with van der Waals surface area (Å²) in [5.74, 6) is 0.475. The summed E-state index contributed by atoms with van der Waals surface area (Å²) in [5, 5.41) is 12.5. The molecule has 0 bridgehead atoms. The van der Waals surface area contributed by atoms with Crippen molar-refractivity contribution in [3.63, 3.8) is 0 Å². The molecular weight excluding hydrogens is 262 g/mol. The Hall–Kier alpha value is -2.75. The highest BCUT2D eigenvalue weighted by Crippen LogP contribution is 2.32. The average molecular weight is 275 g/mol. The molecule has 0 saturated heterocycles. The minimum atomic E-state index is -0.764. The first-order valence-electron chi connectivity index (χ1n) is 6.05. The summed E-state index contributed by atoms with van der Waals surface area (Å²) in [6.07, 6.45) is 0. The minimum Gasteiger partial charge on any atom is -0.486 e. The first-order chi connectivity index (χ1) is 9.74. The molecule has 0 fully saturated rings. The maximum absolute atomic E-state index is 11.4. The highest BCUT2D eigenvalue weighted by molar-refractivity contribution is 6.43. The second kappa shape index (κ2) is 6.43. The molecule has 0 unspecified atom stereocenters. The van der Waals surface area contributed by atoms with Crippen LogP contribution in [0.15, 0.2) is 23.3 Å². The fourth-order valence-electron chi connectivity index (χ4n) is 1.55. The van der Waals surface area contributed by atoms with Crippen LogP contribution in [0, 0.1) is 11.3 Å². The molecule has 0 radical (unpaired) electrons. The lowest BCUT2D eigenvalue weighted by molar-refractivity contribution is -0.134. The van der Waals surface area contributed by atoms with Crippen molar-refractivity contribution < 1.29 is 19.0 Å². The second-order valence-corrected chi connectivity index (χ2v) is 3.76. The molecule has 7 heteroatoms. The molecule has 0 atom stereocenters. The maximum atomic E-state index is 11.4. The van der Waals surface area contributed by atoms with Gasteiger partial charge < -0.3 is 14.2 Å². The summed E-state index contributed by atoms with van der Waals surface area (Å²) in [7, 11) is 0. The summed E-state index contributed by atoms with van der Waals surface area (Å²) < 4.78 is 15.5. The Morgan fingerprint density at radius 1 is 1.45 bits per heavy atom. The highest BCUT2D eigenvalue weighted by Gasteiger charge is 2.13. The van der Waals surface area contributed by atoms with Gasteiger partial charge >= 0.3 is 5.97 Å². The van der Waals surface area contributed by atoms with Gasteiger partial charge in [-0.25, -0.2) is 4.79 Å². The fraction of sp³-hybridized carbons (Fsp3) is 0.308. The van der Waals surface area contributed by atoms with Crippen molar-refractivity contribution >= 4 is 17.4 Å². The van der Waals surface area contributed by atoms with Gasteiger partial charge in [-0.1, -0.05) is 0 Å². The summed E-state index contributed by atoms with van der Waals surface area (Å²) in [5.41, 5.74) is 2.84. The number of rotatable bonds is 4. The zero-order valence-electron chi connectivity index (χ0n) is 10.9. The molecule has 1 heterocycles. The lowest BCUT2D eigenvalue weighted by Gasteiger charge is -2.18. The van der Waals surface area contributed by atoms with Crippen molar-refractivity contribution in [1.29, 1.82) is 5.26 Å². The Labute approximate surface area is 115 Å². The molecule has 20 heavy (non-hydrogen) atoms. The van der Waals surface area contributed by atoms with E-state index in [-0.39, 0.29) is 12.3 Å². The van der Waals surface area contributed by atoms with Gasteiger partial charge in [-0.3, -0.25) is 5.43 Å². The second-order valence-electron chi connectivity index (χ2n) is 3.76.